The van der Waals surface area contributed by atoms with Gasteiger partial charge in [0, 0.05) is 30.0 Å². The maximum Gasteiger partial charge on any atom is 0.355 e. The van der Waals surface area contributed by atoms with Crippen molar-refractivity contribution in [1.82, 2.24) is 4.57 Å². The van der Waals surface area contributed by atoms with Gasteiger partial charge in [-0.3, -0.25) is 0 Å². The Kier molecular flexibility index (Phi) is 4.36. The molecule has 0 aliphatic carbocycles. The van der Waals surface area contributed by atoms with E-state index >= 15 is 0 Å². The van der Waals surface area contributed by atoms with Gasteiger partial charge >= 0.3 is 5.97 Å². The predicted molar refractivity (Wildman–Crippen MR) is 111 cm³/mol. The SMILES string of the molecule is CCN(CC)c1c(C(=O)O)n2c3c(c(Cl)c(Cl)cc13)C(C)c1ccccc1-2. The first-order valence-electron chi connectivity index (χ1n) is 9.06. The van der Waals surface area contributed by atoms with Gasteiger partial charge in [0.05, 0.1) is 26.9 Å². The molecule has 0 bridgehead atoms. The van der Waals surface area contributed by atoms with E-state index in [0.29, 0.717) is 28.8 Å². The van der Waals surface area contributed by atoms with Gasteiger partial charge in [-0.1, -0.05) is 48.3 Å². The van der Waals surface area contributed by atoms with Gasteiger partial charge in [-0.2, -0.15) is 0 Å². The summed E-state index contributed by atoms with van der Waals surface area (Å²) in [6, 6.07) is 9.69. The van der Waals surface area contributed by atoms with Gasteiger partial charge in [-0.15, -0.1) is 0 Å². The van der Waals surface area contributed by atoms with Crippen LogP contribution >= 0.6 is 23.2 Å². The van der Waals surface area contributed by atoms with Crippen LogP contribution in [0.1, 0.15) is 48.3 Å². The minimum Gasteiger partial charge on any atom is -0.476 e. The molecule has 4 nitrogen and oxygen atoms in total. The van der Waals surface area contributed by atoms with Crippen molar-refractivity contribution in [2.75, 3.05) is 18.0 Å². The standard InChI is InChI=1S/C21H20Cl2N2O2/c1-4-24(5-2)19-13-10-14(22)17(23)16-11(3)12-8-6-7-9-15(12)25(18(13)16)20(19)21(26)27/h6-11H,4-5H2,1-3H3,(H,26,27). The van der Waals surface area contributed by atoms with E-state index < -0.39 is 5.97 Å². The molecule has 0 amide bonds. The number of aromatic carboxylic acids is 1. The van der Waals surface area contributed by atoms with E-state index in [2.05, 4.69) is 11.8 Å². The van der Waals surface area contributed by atoms with Crippen LogP contribution in [0.15, 0.2) is 30.3 Å². The van der Waals surface area contributed by atoms with E-state index in [-0.39, 0.29) is 11.6 Å². The number of hydrogen-bond donors (Lipinski definition) is 1. The third-order valence-electron chi connectivity index (χ3n) is 5.51. The predicted octanol–water partition coefficient (Wildman–Crippen LogP) is 5.95. The highest BCUT2D eigenvalue weighted by Crippen LogP contribution is 2.50. The molecule has 1 aliphatic heterocycles. The molecule has 0 spiro atoms. The van der Waals surface area contributed by atoms with E-state index in [1.54, 1.807) is 6.07 Å². The number of aromatic nitrogens is 1. The highest BCUT2D eigenvalue weighted by atomic mass is 35.5. The fraction of sp³-hybridized carbons (Fsp3) is 0.286. The first-order chi connectivity index (χ1) is 12.9. The van der Waals surface area contributed by atoms with Crippen LogP contribution in [-0.2, 0) is 0 Å². The Hall–Kier alpha value is -2.17. The third kappa shape index (κ3) is 2.40. The second-order valence-corrected chi connectivity index (χ2v) is 7.56. The molecular weight excluding hydrogens is 383 g/mol. The van der Waals surface area contributed by atoms with E-state index in [1.165, 1.54) is 0 Å². The fourth-order valence-corrected chi connectivity index (χ4v) is 4.83. The summed E-state index contributed by atoms with van der Waals surface area (Å²) in [5.41, 5.74) is 4.61. The molecule has 0 radical (unpaired) electrons. The highest BCUT2D eigenvalue weighted by Gasteiger charge is 2.35. The fourth-order valence-electron chi connectivity index (χ4n) is 4.31. The molecule has 4 rings (SSSR count). The zero-order valence-corrected chi connectivity index (χ0v) is 16.9. The molecule has 6 heteroatoms. The quantitative estimate of drug-likeness (QED) is 0.586. The first-order valence-corrected chi connectivity index (χ1v) is 9.81. The normalized spacial score (nSPS) is 15.1. The number of para-hydroxylation sites is 1. The third-order valence-corrected chi connectivity index (χ3v) is 6.32. The average molecular weight is 403 g/mol. The maximum atomic E-state index is 12.4. The minimum atomic E-state index is -0.962. The van der Waals surface area contributed by atoms with Crippen molar-refractivity contribution in [3.8, 4) is 5.69 Å². The van der Waals surface area contributed by atoms with Crippen molar-refractivity contribution < 1.29 is 9.90 Å². The number of carboxylic acid groups (broad SMARTS) is 1. The van der Waals surface area contributed by atoms with Crippen LogP contribution in [0, 0.1) is 0 Å². The second-order valence-electron chi connectivity index (χ2n) is 6.77. The van der Waals surface area contributed by atoms with Gasteiger partial charge < -0.3 is 14.6 Å². The van der Waals surface area contributed by atoms with Gasteiger partial charge in [0.15, 0.2) is 5.69 Å². The number of halogens is 2. The van der Waals surface area contributed by atoms with Crippen molar-refractivity contribution in [1.29, 1.82) is 0 Å². The summed E-state index contributed by atoms with van der Waals surface area (Å²) in [5.74, 6) is -0.945. The number of hydrogen-bond acceptors (Lipinski definition) is 2. The second kappa shape index (κ2) is 6.47. The van der Waals surface area contributed by atoms with E-state index in [4.69, 9.17) is 23.2 Å². The summed E-state index contributed by atoms with van der Waals surface area (Å²) >= 11 is 13.1. The molecule has 0 saturated carbocycles. The molecule has 1 unspecified atom stereocenters. The van der Waals surface area contributed by atoms with Crippen LogP contribution in [0.4, 0.5) is 5.69 Å². The topological polar surface area (TPSA) is 45.5 Å². The zero-order chi connectivity index (χ0) is 19.5. The molecule has 2 heterocycles. The van der Waals surface area contributed by atoms with Crippen LogP contribution in [0.2, 0.25) is 10.0 Å². The maximum absolute atomic E-state index is 12.4. The van der Waals surface area contributed by atoms with Crippen molar-refractivity contribution in [2.24, 2.45) is 0 Å². The molecular formula is C21H20Cl2N2O2. The lowest BCUT2D eigenvalue weighted by molar-refractivity contribution is 0.0689. The summed E-state index contributed by atoms with van der Waals surface area (Å²) < 4.78 is 1.85. The Bertz CT molecular complexity index is 1080. The summed E-state index contributed by atoms with van der Waals surface area (Å²) in [7, 11) is 0. The number of anilines is 1. The molecule has 3 aromatic rings. The lowest BCUT2D eigenvalue weighted by Gasteiger charge is -2.27. The first kappa shape index (κ1) is 18.2. The number of benzene rings is 2. The van der Waals surface area contributed by atoms with E-state index in [0.717, 1.165) is 27.7 Å². The highest BCUT2D eigenvalue weighted by molar-refractivity contribution is 6.44. The Morgan fingerprint density at radius 2 is 1.89 bits per heavy atom. The number of fused-ring (bicyclic) bond motifs is 2. The van der Waals surface area contributed by atoms with Gasteiger partial charge in [-0.25, -0.2) is 4.79 Å². The summed E-state index contributed by atoms with van der Waals surface area (Å²) in [6.07, 6.45) is 0. The number of nitrogens with zero attached hydrogens (tertiary/aromatic N) is 2. The molecule has 1 aromatic heterocycles. The van der Waals surface area contributed by atoms with Crippen LogP contribution < -0.4 is 4.90 Å². The smallest absolute Gasteiger partial charge is 0.355 e. The van der Waals surface area contributed by atoms with Gasteiger partial charge in [0.1, 0.15) is 0 Å². The molecule has 0 fully saturated rings. The van der Waals surface area contributed by atoms with E-state index in [9.17, 15) is 9.90 Å². The Morgan fingerprint density at radius 3 is 2.52 bits per heavy atom. The lowest BCUT2D eigenvalue weighted by Crippen LogP contribution is -2.24. The Balaban J connectivity index is 2.29. The Labute approximate surface area is 167 Å². The molecule has 1 atom stereocenters. The van der Waals surface area contributed by atoms with Gasteiger partial charge in [-0.05, 0) is 31.5 Å². The lowest BCUT2D eigenvalue weighted by atomic mass is 9.87. The van der Waals surface area contributed by atoms with Crippen molar-refractivity contribution in [2.45, 2.75) is 26.7 Å². The van der Waals surface area contributed by atoms with Crippen LogP contribution in [0.25, 0.3) is 16.6 Å². The molecule has 2 aromatic carbocycles. The van der Waals surface area contributed by atoms with Crippen molar-refractivity contribution in [3.05, 3.63) is 57.2 Å². The average Bonchev–Trinajstić information content (AvgIpc) is 2.98. The molecule has 1 aliphatic rings. The van der Waals surface area contributed by atoms with Gasteiger partial charge in [0.25, 0.3) is 0 Å². The van der Waals surface area contributed by atoms with Crippen molar-refractivity contribution in [3.63, 3.8) is 0 Å². The molecule has 140 valence electrons. The summed E-state index contributed by atoms with van der Waals surface area (Å²) in [4.78, 5) is 14.5. The number of carbonyl (C=O) groups is 1. The van der Waals surface area contributed by atoms with Crippen LogP contribution in [0.3, 0.4) is 0 Å². The summed E-state index contributed by atoms with van der Waals surface area (Å²) in [5, 5.41) is 11.9. The van der Waals surface area contributed by atoms with Crippen molar-refractivity contribution >= 4 is 45.8 Å². The molecule has 1 N–H and O–H groups in total. The number of rotatable bonds is 4. The van der Waals surface area contributed by atoms with E-state index in [1.807, 2.05) is 42.7 Å². The number of carboxylic acids is 1. The largest absolute Gasteiger partial charge is 0.476 e. The monoisotopic (exact) mass is 402 g/mol. The minimum absolute atomic E-state index is 0.0171. The molecule has 27 heavy (non-hydrogen) atoms. The molecule has 0 saturated heterocycles. The van der Waals surface area contributed by atoms with Crippen LogP contribution in [-0.4, -0.2) is 28.7 Å². The zero-order valence-electron chi connectivity index (χ0n) is 15.4. The van der Waals surface area contributed by atoms with Gasteiger partial charge in [0.2, 0.25) is 0 Å². The van der Waals surface area contributed by atoms with Crippen LogP contribution in [0.5, 0.6) is 0 Å². The summed E-state index contributed by atoms with van der Waals surface area (Å²) in [6.45, 7) is 7.52. The Morgan fingerprint density at radius 1 is 1.22 bits per heavy atom.